The van der Waals surface area contributed by atoms with Gasteiger partial charge >= 0.3 is 6.09 Å². The number of fused-ring (bicyclic) bond motifs is 1. The molecule has 2 saturated heterocycles. The first-order chi connectivity index (χ1) is 15.4. The maximum Gasteiger partial charge on any atom is 0.410 e. The van der Waals surface area contributed by atoms with Crippen LogP contribution in [0.15, 0.2) is 6.07 Å². The molecule has 3 atom stereocenters. The first kappa shape index (κ1) is 23.4. The van der Waals surface area contributed by atoms with Crippen LogP contribution in [-0.4, -0.2) is 66.2 Å². The number of carbonyl (C=O) groups excluding carboxylic acids is 2. The minimum Gasteiger partial charge on any atom is -0.481 e. The molecular formula is C22H29F3N4O4. The molecule has 1 N–H and O–H groups in total. The summed E-state index contributed by atoms with van der Waals surface area (Å²) in [6.45, 7) is 5.71. The number of hydrogen-bond donors (Lipinski definition) is 1. The van der Waals surface area contributed by atoms with E-state index in [0.717, 1.165) is 0 Å². The van der Waals surface area contributed by atoms with Crippen LogP contribution >= 0.6 is 0 Å². The van der Waals surface area contributed by atoms with Crippen molar-refractivity contribution in [1.29, 1.82) is 0 Å². The molecule has 2 amide bonds. The van der Waals surface area contributed by atoms with Crippen molar-refractivity contribution in [1.82, 2.24) is 15.2 Å². The first-order valence-electron chi connectivity index (χ1n) is 11.1. The third-order valence-electron chi connectivity index (χ3n) is 6.33. The van der Waals surface area contributed by atoms with Gasteiger partial charge < -0.3 is 19.7 Å². The number of hydrogen-bond acceptors (Lipinski definition) is 6. The van der Waals surface area contributed by atoms with Gasteiger partial charge in [0, 0.05) is 31.7 Å². The van der Waals surface area contributed by atoms with Crippen LogP contribution in [0, 0.1) is 17.7 Å². The van der Waals surface area contributed by atoms with Gasteiger partial charge in [-0.15, -0.1) is 0 Å². The first-order valence-corrected chi connectivity index (χ1v) is 11.1. The molecule has 3 heterocycles. The third-order valence-corrected chi connectivity index (χ3v) is 6.33. The zero-order valence-corrected chi connectivity index (χ0v) is 19.2. The maximum absolute atomic E-state index is 14.8. The van der Waals surface area contributed by atoms with E-state index in [1.54, 1.807) is 20.8 Å². The molecule has 3 fully saturated rings. The number of carbonyl (C=O) groups is 2. The van der Waals surface area contributed by atoms with Gasteiger partial charge in [-0.1, -0.05) is 0 Å². The Balaban J connectivity index is 1.40. The Morgan fingerprint density at radius 2 is 1.94 bits per heavy atom. The highest BCUT2D eigenvalue weighted by Crippen LogP contribution is 2.59. The molecule has 1 aromatic heterocycles. The van der Waals surface area contributed by atoms with Gasteiger partial charge in [-0.25, -0.2) is 18.0 Å². The summed E-state index contributed by atoms with van der Waals surface area (Å²) in [5.41, 5.74) is -0.367. The number of methoxy groups -OCH3 is 1. The lowest BCUT2D eigenvalue weighted by molar-refractivity contribution is -0.125. The summed E-state index contributed by atoms with van der Waals surface area (Å²) in [7, 11) is 1.37. The molecule has 33 heavy (non-hydrogen) atoms. The molecule has 0 spiro atoms. The normalized spacial score (nSPS) is 25.6. The summed E-state index contributed by atoms with van der Waals surface area (Å²) in [5.74, 6) is -5.17. The lowest BCUT2D eigenvalue weighted by Gasteiger charge is -2.28. The number of nitrogens with one attached hydrogen (secondary N) is 1. The van der Waals surface area contributed by atoms with E-state index in [1.165, 1.54) is 23.0 Å². The number of aromatic nitrogens is 1. The van der Waals surface area contributed by atoms with Gasteiger partial charge in [-0.05, 0) is 39.7 Å². The Morgan fingerprint density at radius 1 is 1.27 bits per heavy atom. The smallest absolute Gasteiger partial charge is 0.410 e. The molecule has 1 aliphatic carbocycles. The quantitative estimate of drug-likeness (QED) is 0.713. The molecular weight excluding hydrogens is 441 g/mol. The van der Waals surface area contributed by atoms with E-state index in [9.17, 15) is 22.8 Å². The second kappa shape index (κ2) is 8.25. The van der Waals surface area contributed by atoms with E-state index < -0.39 is 41.3 Å². The molecule has 4 rings (SSSR count). The summed E-state index contributed by atoms with van der Waals surface area (Å²) in [4.78, 5) is 32.3. The summed E-state index contributed by atoms with van der Waals surface area (Å²) >= 11 is 0. The van der Waals surface area contributed by atoms with Gasteiger partial charge in [0.1, 0.15) is 11.6 Å². The monoisotopic (exact) mass is 470 g/mol. The fourth-order valence-corrected chi connectivity index (χ4v) is 4.59. The summed E-state index contributed by atoms with van der Waals surface area (Å²) in [5, 5.41) is 2.72. The number of pyridine rings is 1. The van der Waals surface area contributed by atoms with Crippen molar-refractivity contribution in [2.24, 2.45) is 11.8 Å². The van der Waals surface area contributed by atoms with E-state index in [0.29, 0.717) is 24.9 Å². The van der Waals surface area contributed by atoms with Crippen molar-refractivity contribution in [2.45, 2.75) is 57.7 Å². The van der Waals surface area contributed by atoms with Gasteiger partial charge in [0.05, 0.1) is 18.9 Å². The molecule has 0 radical (unpaired) electrons. The van der Waals surface area contributed by atoms with E-state index in [4.69, 9.17) is 9.47 Å². The minimum atomic E-state index is -2.67. The van der Waals surface area contributed by atoms with Crippen molar-refractivity contribution in [3.8, 4) is 5.88 Å². The molecule has 1 saturated carbocycles. The number of alkyl halides is 2. The van der Waals surface area contributed by atoms with Gasteiger partial charge in [-0.3, -0.25) is 9.69 Å². The predicted octanol–water partition coefficient (Wildman–Crippen LogP) is 2.95. The van der Waals surface area contributed by atoms with E-state index in [1.807, 2.05) is 0 Å². The predicted molar refractivity (Wildman–Crippen MR) is 113 cm³/mol. The molecule has 11 heteroatoms. The van der Waals surface area contributed by atoms with Gasteiger partial charge in [0.2, 0.25) is 11.8 Å². The molecule has 2 aliphatic heterocycles. The number of anilines is 1. The summed E-state index contributed by atoms with van der Waals surface area (Å²) in [6, 6.07) is 0.519. The van der Waals surface area contributed by atoms with Crippen molar-refractivity contribution in [2.75, 3.05) is 31.6 Å². The highest BCUT2D eigenvalue weighted by Gasteiger charge is 2.72. The topological polar surface area (TPSA) is 84.0 Å². The van der Waals surface area contributed by atoms with Crippen LogP contribution < -0.4 is 15.0 Å². The van der Waals surface area contributed by atoms with Gasteiger partial charge in [0.15, 0.2) is 11.6 Å². The largest absolute Gasteiger partial charge is 0.481 e. The number of halogens is 3. The molecule has 8 nitrogen and oxygen atoms in total. The van der Waals surface area contributed by atoms with E-state index in [2.05, 4.69) is 10.3 Å². The van der Waals surface area contributed by atoms with Crippen LogP contribution in [0.3, 0.4) is 0 Å². The molecule has 1 aromatic rings. The molecule has 0 bridgehead atoms. The Bertz CT molecular complexity index is 938. The summed E-state index contributed by atoms with van der Waals surface area (Å²) in [6.07, 6.45) is 0.613. The van der Waals surface area contributed by atoms with Gasteiger partial charge in [-0.2, -0.15) is 4.98 Å². The van der Waals surface area contributed by atoms with Crippen molar-refractivity contribution >= 4 is 17.8 Å². The van der Waals surface area contributed by atoms with Crippen LogP contribution in [0.4, 0.5) is 23.8 Å². The van der Waals surface area contributed by atoms with Crippen molar-refractivity contribution < 1.29 is 32.2 Å². The standard InChI is InChI=1S/C22H29F3N4O4/c1-21(2,3)33-20(31)29-7-5-6-16(29)18(30)26-9-12-8-15(23)17(27-19(12)32-4)28-10-13-14(11-28)22(13,24)25/h8,13-14,16H,5-7,9-11H2,1-4H3,(H,26,30). The zero-order valence-electron chi connectivity index (χ0n) is 19.2. The number of amides is 2. The number of ether oxygens (including phenoxy) is 2. The minimum absolute atomic E-state index is 0.0307. The van der Waals surface area contributed by atoms with Crippen LogP contribution in [0.2, 0.25) is 0 Å². The fourth-order valence-electron chi connectivity index (χ4n) is 4.59. The summed E-state index contributed by atoms with van der Waals surface area (Å²) < 4.78 is 52.3. The second-order valence-corrected chi connectivity index (χ2v) is 9.80. The Labute approximate surface area is 190 Å². The highest BCUT2D eigenvalue weighted by molar-refractivity contribution is 5.86. The zero-order chi connectivity index (χ0) is 24.1. The number of nitrogens with zero attached hydrogens (tertiary/aromatic N) is 3. The lowest BCUT2D eigenvalue weighted by atomic mass is 10.2. The number of piperidine rings is 1. The highest BCUT2D eigenvalue weighted by atomic mass is 19.3. The number of rotatable bonds is 5. The van der Waals surface area contributed by atoms with Crippen LogP contribution in [-0.2, 0) is 16.1 Å². The Kier molecular flexibility index (Phi) is 5.86. The van der Waals surface area contributed by atoms with Crippen molar-refractivity contribution in [3.63, 3.8) is 0 Å². The molecule has 3 unspecified atom stereocenters. The Hall–Kier alpha value is -2.72. The average Bonchev–Trinajstić information content (AvgIpc) is 3.19. The Morgan fingerprint density at radius 3 is 2.55 bits per heavy atom. The van der Waals surface area contributed by atoms with E-state index in [-0.39, 0.29) is 37.2 Å². The molecule has 3 aliphatic rings. The van der Waals surface area contributed by atoms with E-state index >= 15 is 0 Å². The third kappa shape index (κ3) is 4.54. The average molecular weight is 470 g/mol. The second-order valence-electron chi connectivity index (χ2n) is 9.80. The lowest BCUT2D eigenvalue weighted by Crippen LogP contribution is -2.47. The van der Waals surface area contributed by atoms with Gasteiger partial charge in [0.25, 0.3) is 5.92 Å². The van der Waals surface area contributed by atoms with Crippen LogP contribution in [0.25, 0.3) is 0 Å². The van der Waals surface area contributed by atoms with Crippen LogP contribution in [0.5, 0.6) is 5.88 Å². The molecule has 0 aromatic carbocycles. The maximum atomic E-state index is 14.8. The van der Waals surface area contributed by atoms with Crippen molar-refractivity contribution in [3.05, 3.63) is 17.4 Å². The SMILES string of the molecule is COc1nc(N2CC3C(C2)C3(F)F)c(F)cc1CNC(=O)C1CCCN1C(=O)OC(C)(C)C. The number of likely N-dealkylation sites (tertiary alicyclic amines) is 1. The molecule has 182 valence electrons. The fraction of sp³-hybridized carbons (Fsp3) is 0.682. The van der Waals surface area contributed by atoms with Crippen LogP contribution in [0.1, 0.15) is 39.2 Å².